The molecule has 2 rings (SSSR count). The van der Waals surface area contributed by atoms with Gasteiger partial charge in [0.1, 0.15) is 0 Å². The number of alkyl halides is 1. The van der Waals surface area contributed by atoms with Crippen LogP contribution in [0.15, 0.2) is 36.9 Å². The van der Waals surface area contributed by atoms with Gasteiger partial charge in [0, 0.05) is 24.2 Å². The summed E-state index contributed by atoms with van der Waals surface area (Å²) in [5.74, 6) is -0.137. The lowest BCUT2D eigenvalue weighted by Gasteiger charge is -2.15. The summed E-state index contributed by atoms with van der Waals surface area (Å²) >= 11 is 11.9. The quantitative estimate of drug-likeness (QED) is 0.880. The first kappa shape index (κ1) is 13.9. The van der Waals surface area contributed by atoms with Crippen molar-refractivity contribution in [2.75, 3.05) is 11.2 Å². The fourth-order valence-electron chi connectivity index (χ4n) is 1.60. The molecule has 1 atom stereocenters. The van der Waals surface area contributed by atoms with Crippen LogP contribution in [0.25, 0.3) is 5.69 Å². The molecular formula is C13H13Cl2N3O. The van der Waals surface area contributed by atoms with Gasteiger partial charge in [0.15, 0.2) is 0 Å². The number of aromatic nitrogens is 2. The van der Waals surface area contributed by atoms with Crippen LogP contribution in [-0.4, -0.2) is 21.3 Å². The molecule has 6 heteroatoms. The van der Waals surface area contributed by atoms with E-state index < -0.39 is 0 Å². The number of halogens is 2. The summed E-state index contributed by atoms with van der Waals surface area (Å²) in [7, 11) is 0. The zero-order valence-electron chi connectivity index (χ0n) is 10.3. The molecule has 1 unspecified atom stereocenters. The summed E-state index contributed by atoms with van der Waals surface area (Å²) < 4.78 is 1.75. The van der Waals surface area contributed by atoms with Crippen molar-refractivity contribution in [3.8, 4) is 5.69 Å². The van der Waals surface area contributed by atoms with Crippen LogP contribution < -0.4 is 5.32 Å². The maximum absolute atomic E-state index is 11.9. The average Bonchev–Trinajstić information content (AvgIpc) is 2.91. The maximum atomic E-state index is 11.9. The molecule has 0 radical (unpaired) electrons. The highest BCUT2D eigenvalue weighted by atomic mass is 35.5. The summed E-state index contributed by atoms with van der Waals surface area (Å²) in [6.45, 7) is 1.77. The lowest BCUT2D eigenvalue weighted by atomic mass is 10.2. The number of nitrogens with zero attached hydrogens (tertiary/aromatic N) is 2. The van der Waals surface area contributed by atoms with E-state index >= 15 is 0 Å². The Morgan fingerprint density at radius 3 is 2.95 bits per heavy atom. The molecule has 0 saturated carbocycles. The standard InChI is InChI=1S/C13H13Cl2N3O/c1-9(7-14)13(19)17-11-4-2-3-10(15)12(11)18-6-5-16-8-18/h2-6,8-9H,7H2,1H3,(H,17,19). The number of carbonyl (C=O) groups is 1. The Balaban J connectivity index is 2.36. The second kappa shape index (κ2) is 6.08. The minimum atomic E-state index is -0.267. The molecule has 0 aliphatic carbocycles. The molecule has 2 aromatic rings. The predicted molar refractivity (Wildman–Crippen MR) is 77.1 cm³/mol. The van der Waals surface area contributed by atoms with Gasteiger partial charge in [-0.2, -0.15) is 0 Å². The fourth-order valence-corrected chi connectivity index (χ4v) is 2.01. The minimum absolute atomic E-state index is 0.140. The van der Waals surface area contributed by atoms with Gasteiger partial charge in [-0.05, 0) is 12.1 Å². The molecule has 19 heavy (non-hydrogen) atoms. The van der Waals surface area contributed by atoms with Gasteiger partial charge in [0.2, 0.25) is 5.91 Å². The van der Waals surface area contributed by atoms with E-state index in [1.54, 1.807) is 48.4 Å². The van der Waals surface area contributed by atoms with Gasteiger partial charge >= 0.3 is 0 Å². The molecule has 1 amide bonds. The zero-order chi connectivity index (χ0) is 13.8. The van der Waals surface area contributed by atoms with E-state index in [1.807, 2.05) is 0 Å². The number of rotatable bonds is 4. The number of benzene rings is 1. The maximum Gasteiger partial charge on any atom is 0.228 e. The van der Waals surface area contributed by atoms with Gasteiger partial charge in [0.25, 0.3) is 0 Å². The molecule has 4 nitrogen and oxygen atoms in total. The van der Waals surface area contributed by atoms with Gasteiger partial charge in [-0.3, -0.25) is 4.79 Å². The molecule has 1 heterocycles. The van der Waals surface area contributed by atoms with Crippen molar-refractivity contribution in [2.24, 2.45) is 5.92 Å². The van der Waals surface area contributed by atoms with Crippen LogP contribution in [0.1, 0.15) is 6.92 Å². The molecule has 1 aromatic carbocycles. The molecule has 0 saturated heterocycles. The van der Waals surface area contributed by atoms with E-state index in [2.05, 4.69) is 10.3 Å². The highest BCUT2D eigenvalue weighted by molar-refractivity contribution is 6.33. The van der Waals surface area contributed by atoms with Crippen LogP contribution >= 0.6 is 23.2 Å². The van der Waals surface area contributed by atoms with Gasteiger partial charge in [-0.15, -0.1) is 11.6 Å². The summed E-state index contributed by atoms with van der Waals surface area (Å²) in [4.78, 5) is 15.9. The Morgan fingerprint density at radius 2 is 2.32 bits per heavy atom. The Morgan fingerprint density at radius 1 is 1.53 bits per heavy atom. The first-order valence-electron chi connectivity index (χ1n) is 5.77. The van der Waals surface area contributed by atoms with E-state index in [0.29, 0.717) is 16.4 Å². The molecule has 100 valence electrons. The SMILES string of the molecule is CC(CCl)C(=O)Nc1cccc(Cl)c1-n1ccnc1. The predicted octanol–water partition coefficient (Wildman–Crippen LogP) is 3.34. The molecule has 0 aliphatic rings. The van der Waals surface area contributed by atoms with Gasteiger partial charge in [-0.25, -0.2) is 4.98 Å². The number of hydrogen-bond acceptors (Lipinski definition) is 2. The molecule has 0 fully saturated rings. The van der Waals surface area contributed by atoms with Gasteiger partial charge in [0.05, 0.1) is 22.7 Å². The molecule has 0 spiro atoms. The zero-order valence-corrected chi connectivity index (χ0v) is 11.8. The highest BCUT2D eigenvalue weighted by Gasteiger charge is 2.15. The molecular weight excluding hydrogens is 285 g/mol. The number of carbonyl (C=O) groups excluding carboxylic acids is 1. The summed E-state index contributed by atoms with van der Waals surface area (Å²) in [5, 5.41) is 3.37. The van der Waals surface area contributed by atoms with Crippen LogP contribution in [0.2, 0.25) is 5.02 Å². The molecule has 0 bridgehead atoms. The van der Waals surface area contributed by atoms with Crippen molar-refractivity contribution < 1.29 is 4.79 Å². The molecule has 1 aromatic heterocycles. The number of hydrogen-bond donors (Lipinski definition) is 1. The Labute approximate surface area is 121 Å². The van der Waals surface area contributed by atoms with Crippen molar-refractivity contribution in [1.82, 2.24) is 9.55 Å². The number of anilines is 1. The van der Waals surface area contributed by atoms with Crippen LogP contribution in [0.4, 0.5) is 5.69 Å². The van der Waals surface area contributed by atoms with Gasteiger partial charge < -0.3 is 9.88 Å². The Bertz CT molecular complexity index is 569. The van der Waals surface area contributed by atoms with Gasteiger partial charge in [-0.1, -0.05) is 24.6 Å². The molecule has 0 aliphatic heterocycles. The fraction of sp³-hybridized carbons (Fsp3) is 0.231. The van der Waals surface area contributed by atoms with Crippen molar-refractivity contribution in [2.45, 2.75) is 6.92 Å². The lowest BCUT2D eigenvalue weighted by Crippen LogP contribution is -2.22. The third-order valence-corrected chi connectivity index (χ3v) is 3.45. The number of imidazole rings is 1. The normalized spacial score (nSPS) is 12.2. The van der Waals surface area contributed by atoms with Crippen molar-refractivity contribution in [3.05, 3.63) is 41.9 Å². The van der Waals surface area contributed by atoms with E-state index in [4.69, 9.17) is 23.2 Å². The smallest absolute Gasteiger partial charge is 0.228 e. The van der Waals surface area contributed by atoms with E-state index in [1.165, 1.54) is 0 Å². The second-order valence-corrected chi connectivity index (χ2v) is 4.87. The largest absolute Gasteiger partial charge is 0.324 e. The van der Waals surface area contributed by atoms with Crippen LogP contribution in [-0.2, 0) is 4.79 Å². The molecule has 1 N–H and O–H groups in total. The Kier molecular flexibility index (Phi) is 4.45. The van der Waals surface area contributed by atoms with E-state index in [9.17, 15) is 4.79 Å². The van der Waals surface area contributed by atoms with Crippen molar-refractivity contribution >= 4 is 34.8 Å². The van der Waals surface area contributed by atoms with Crippen LogP contribution in [0, 0.1) is 5.92 Å². The third kappa shape index (κ3) is 3.08. The minimum Gasteiger partial charge on any atom is -0.324 e. The summed E-state index contributed by atoms with van der Waals surface area (Å²) in [6, 6.07) is 5.33. The van der Waals surface area contributed by atoms with E-state index in [0.717, 1.165) is 0 Å². The van der Waals surface area contributed by atoms with Crippen LogP contribution in [0.3, 0.4) is 0 Å². The summed E-state index contributed by atoms with van der Waals surface area (Å²) in [5.41, 5.74) is 1.32. The number of amides is 1. The highest BCUT2D eigenvalue weighted by Crippen LogP contribution is 2.28. The monoisotopic (exact) mass is 297 g/mol. The van der Waals surface area contributed by atoms with Crippen molar-refractivity contribution in [3.63, 3.8) is 0 Å². The van der Waals surface area contributed by atoms with E-state index in [-0.39, 0.29) is 17.7 Å². The first-order valence-corrected chi connectivity index (χ1v) is 6.68. The van der Waals surface area contributed by atoms with Crippen molar-refractivity contribution in [1.29, 1.82) is 0 Å². The average molecular weight is 298 g/mol. The lowest BCUT2D eigenvalue weighted by molar-refractivity contribution is -0.118. The third-order valence-electron chi connectivity index (χ3n) is 2.69. The second-order valence-electron chi connectivity index (χ2n) is 4.15. The number of nitrogens with one attached hydrogen (secondary N) is 1. The Hall–Kier alpha value is -1.52. The topological polar surface area (TPSA) is 46.9 Å². The number of para-hydroxylation sites is 1. The first-order chi connectivity index (χ1) is 9.13. The van der Waals surface area contributed by atoms with Crippen LogP contribution in [0.5, 0.6) is 0 Å². The summed E-state index contributed by atoms with van der Waals surface area (Å²) in [6.07, 6.45) is 5.04.